The number of thiazole rings is 1. The van der Waals surface area contributed by atoms with Gasteiger partial charge < -0.3 is 10.5 Å². The molecule has 0 aromatic carbocycles. The molecule has 0 unspecified atom stereocenters. The third-order valence-corrected chi connectivity index (χ3v) is 3.78. The van der Waals surface area contributed by atoms with Crippen molar-refractivity contribution in [3.63, 3.8) is 0 Å². The molecule has 4 heteroatoms. The molecular weight excluding hydrogens is 184 g/mol. The average Bonchev–Trinajstić information content (AvgIpc) is 2.52. The molecule has 13 heavy (non-hydrogen) atoms. The lowest BCUT2D eigenvalue weighted by Gasteiger charge is -2.38. The van der Waals surface area contributed by atoms with Gasteiger partial charge in [0.05, 0.1) is 5.69 Å². The van der Waals surface area contributed by atoms with Crippen LogP contribution in [0.5, 0.6) is 0 Å². The highest BCUT2D eigenvalue weighted by molar-refractivity contribution is 7.09. The minimum atomic E-state index is -0.0713. The van der Waals surface area contributed by atoms with Gasteiger partial charge in [-0.3, -0.25) is 0 Å². The van der Waals surface area contributed by atoms with E-state index in [4.69, 9.17) is 10.5 Å². The second kappa shape index (κ2) is 3.36. The molecule has 72 valence electrons. The highest BCUT2D eigenvalue weighted by Crippen LogP contribution is 2.45. The molecule has 0 radical (unpaired) electrons. The standard InChI is InChI=1S/C9H14N2OS/c1-12-9(3-2-4-9)8-11-7(5-10)6-13-8/h6H,2-5,10H2,1H3. The Labute approximate surface area is 81.9 Å². The van der Waals surface area contributed by atoms with E-state index in [1.54, 1.807) is 18.4 Å². The number of ether oxygens (including phenoxy) is 1. The van der Waals surface area contributed by atoms with Crippen LogP contribution in [-0.4, -0.2) is 12.1 Å². The van der Waals surface area contributed by atoms with E-state index in [0.717, 1.165) is 23.5 Å². The first-order chi connectivity index (χ1) is 6.30. The number of hydrogen-bond acceptors (Lipinski definition) is 4. The number of methoxy groups -OCH3 is 1. The zero-order chi connectivity index (χ0) is 9.31. The van der Waals surface area contributed by atoms with E-state index >= 15 is 0 Å². The van der Waals surface area contributed by atoms with Crippen LogP contribution < -0.4 is 5.73 Å². The van der Waals surface area contributed by atoms with Gasteiger partial charge in [-0.05, 0) is 19.3 Å². The number of nitrogens with two attached hydrogens (primary N) is 1. The molecule has 1 saturated carbocycles. The molecule has 0 spiro atoms. The van der Waals surface area contributed by atoms with Crippen molar-refractivity contribution in [1.82, 2.24) is 4.98 Å². The average molecular weight is 198 g/mol. The first-order valence-corrected chi connectivity index (χ1v) is 5.39. The van der Waals surface area contributed by atoms with Crippen molar-refractivity contribution in [1.29, 1.82) is 0 Å². The minimum absolute atomic E-state index is 0.0713. The summed E-state index contributed by atoms with van der Waals surface area (Å²) >= 11 is 1.67. The summed E-state index contributed by atoms with van der Waals surface area (Å²) in [5.41, 5.74) is 6.41. The fraction of sp³-hybridized carbons (Fsp3) is 0.667. The Morgan fingerprint density at radius 2 is 2.46 bits per heavy atom. The van der Waals surface area contributed by atoms with Gasteiger partial charge in [-0.25, -0.2) is 4.98 Å². The van der Waals surface area contributed by atoms with Crippen molar-refractivity contribution in [2.45, 2.75) is 31.4 Å². The zero-order valence-corrected chi connectivity index (χ0v) is 8.56. The van der Waals surface area contributed by atoms with Gasteiger partial charge in [0.1, 0.15) is 10.6 Å². The quantitative estimate of drug-likeness (QED) is 0.803. The Morgan fingerprint density at radius 3 is 2.85 bits per heavy atom. The number of hydrogen-bond donors (Lipinski definition) is 1. The van der Waals surface area contributed by atoms with E-state index in [2.05, 4.69) is 4.98 Å². The van der Waals surface area contributed by atoms with Crippen molar-refractivity contribution in [3.8, 4) is 0 Å². The van der Waals surface area contributed by atoms with E-state index in [1.165, 1.54) is 6.42 Å². The summed E-state index contributed by atoms with van der Waals surface area (Å²) in [6.07, 6.45) is 3.44. The summed E-state index contributed by atoms with van der Waals surface area (Å²) in [4.78, 5) is 4.46. The summed E-state index contributed by atoms with van der Waals surface area (Å²) in [7, 11) is 1.77. The van der Waals surface area contributed by atoms with E-state index < -0.39 is 0 Å². The molecule has 1 aromatic rings. The van der Waals surface area contributed by atoms with Crippen LogP contribution in [0.4, 0.5) is 0 Å². The number of nitrogens with zero attached hydrogens (tertiary/aromatic N) is 1. The van der Waals surface area contributed by atoms with Crippen molar-refractivity contribution in [3.05, 3.63) is 16.1 Å². The lowest BCUT2D eigenvalue weighted by atomic mass is 9.80. The first-order valence-electron chi connectivity index (χ1n) is 4.51. The molecule has 1 aliphatic carbocycles. The molecule has 2 rings (SSSR count). The predicted octanol–water partition coefficient (Wildman–Crippen LogP) is 1.63. The second-order valence-electron chi connectivity index (χ2n) is 3.40. The maximum absolute atomic E-state index is 5.52. The van der Waals surface area contributed by atoms with E-state index in [1.807, 2.05) is 5.38 Å². The van der Waals surface area contributed by atoms with E-state index in [9.17, 15) is 0 Å². The Bertz CT molecular complexity index is 288. The number of aromatic nitrogens is 1. The maximum atomic E-state index is 5.52. The largest absolute Gasteiger partial charge is 0.371 e. The van der Waals surface area contributed by atoms with E-state index in [-0.39, 0.29) is 5.60 Å². The van der Waals surface area contributed by atoms with Crippen LogP contribution in [0.3, 0.4) is 0 Å². The SMILES string of the molecule is COC1(c2nc(CN)cs2)CCC1. The molecule has 0 atom stereocenters. The molecule has 0 bridgehead atoms. The Morgan fingerprint density at radius 1 is 1.69 bits per heavy atom. The predicted molar refractivity (Wildman–Crippen MR) is 52.5 cm³/mol. The van der Waals surface area contributed by atoms with Gasteiger partial charge in [0.15, 0.2) is 0 Å². The zero-order valence-electron chi connectivity index (χ0n) is 7.75. The van der Waals surface area contributed by atoms with Gasteiger partial charge in [0.25, 0.3) is 0 Å². The van der Waals surface area contributed by atoms with Crippen molar-refractivity contribution in [2.75, 3.05) is 7.11 Å². The molecule has 1 aromatic heterocycles. The van der Waals surface area contributed by atoms with Gasteiger partial charge in [0, 0.05) is 19.0 Å². The highest BCUT2D eigenvalue weighted by Gasteiger charge is 2.41. The van der Waals surface area contributed by atoms with Crippen LogP contribution in [-0.2, 0) is 16.9 Å². The lowest BCUT2D eigenvalue weighted by molar-refractivity contribution is -0.0780. The summed E-state index contributed by atoms with van der Waals surface area (Å²) < 4.78 is 5.52. The monoisotopic (exact) mass is 198 g/mol. The van der Waals surface area contributed by atoms with Crippen LogP contribution in [0, 0.1) is 0 Å². The van der Waals surface area contributed by atoms with Gasteiger partial charge in [-0.15, -0.1) is 11.3 Å². The molecule has 1 fully saturated rings. The van der Waals surface area contributed by atoms with Gasteiger partial charge >= 0.3 is 0 Å². The molecule has 0 aliphatic heterocycles. The lowest BCUT2D eigenvalue weighted by Crippen LogP contribution is -2.35. The Hall–Kier alpha value is -0.450. The van der Waals surface area contributed by atoms with Crippen molar-refractivity contribution < 1.29 is 4.74 Å². The molecular formula is C9H14N2OS. The molecule has 1 aliphatic rings. The fourth-order valence-corrected chi connectivity index (χ4v) is 2.68. The topological polar surface area (TPSA) is 48.1 Å². The van der Waals surface area contributed by atoms with Crippen molar-refractivity contribution >= 4 is 11.3 Å². The van der Waals surface area contributed by atoms with Crippen LogP contribution in [0.25, 0.3) is 0 Å². The van der Waals surface area contributed by atoms with Crippen LogP contribution in [0.15, 0.2) is 5.38 Å². The summed E-state index contributed by atoms with van der Waals surface area (Å²) in [6, 6.07) is 0. The fourth-order valence-electron chi connectivity index (χ4n) is 1.61. The van der Waals surface area contributed by atoms with Crippen LogP contribution >= 0.6 is 11.3 Å². The maximum Gasteiger partial charge on any atom is 0.125 e. The third-order valence-electron chi connectivity index (χ3n) is 2.70. The molecule has 0 amide bonds. The summed E-state index contributed by atoms with van der Waals surface area (Å²) in [5, 5.41) is 3.12. The van der Waals surface area contributed by atoms with Crippen LogP contribution in [0.2, 0.25) is 0 Å². The molecule has 3 nitrogen and oxygen atoms in total. The second-order valence-corrected chi connectivity index (χ2v) is 4.26. The minimum Gasteiger partial charge on any atom is -0.371 e. The van der Waals surface area contributed by atoms with Gasteiger partial charge in [0.2, 0.25) is 0 Å². The van der Waals surface area contributed by atoms with Crippen LogP contribution in [0.1, 0.15) is 30.0 Å². The van der Waals surface area contributed by atoms with Crippen molar-refractivity contribution in [2.24, 2.45) is 5.73 Å². The Balaban J connectivity index is 2.23. The highest BCUT2D eigenvalue weighted by atomic mass is 32.1. The molecule has 1 heterocycles. The third kappa shape index (κ3) is 1.39. The number of rotatable bonds is 3. The smallest absolute Gasteiger partial charge is 0.125 e. The normalized spacial score (nSPS) is 19.8. The summed E-state index contributed by atoms with van der Waals surface area (Å²) in [5.74, 6) is 0. The Kier molecular flexibility index (Phi) is 2.36. The summed E-state index contributed by atoms with van der Waals surface area (Å²) in [6.45, 7) is 0.524. The van der Waals surface area contributed by atoms with Gasteiger partial charge in [-0.1, -0.05) is 0 Å². The molecule has 2 N–H and O–H groups in total. The van der Waals surface area contributed by atoms with Gasteiger partial charge in [-0.2, -0.15) is 0 Å². The first kappa shape index (κ1) is 9.12. The van der Waals surface area contributed by atoms with E-state index in [0.29, 0.717) is 6.54 Å². The molecule has 0 saturated heterocycles.